The zero-order valence-corrected chi connectivity index (χ0v) is 16.2. The highest BCUT2D eigenvalue weighted by atomic mass is 32.1. The van der Waals surface area contributed by atoms with Crippen LogP contribution in [0.3, 0.4) is 0 Å². The van der Waals surface area contributed by atoms with Crippen LogP contribution in [0.1, 0.15) is 19.8 Å². The van der Waals surface area contributed by atoms with Crippen molar-refractivity contribution in [2.45, 2.75) is 26.3 Å². The average molecular weight is 396 g/mol. The van der Waals surface area contributed by atoms with Crippen LogP contribution < -0.4 is 16.2 Å². The van der Waals surface area contributed by atoms with Gasteiger partial charge >= 0.3 is 0 Å². The number of carbonyl (C=O) groups is 2. The van der Waals surface area contributed by atoms with Crippen LogP contribution >= 0.6 is 11.3 Å². The number of nitrogens with one attached hydrogen (secondary N) is 2. The minimum atomic E-state index is -0.186. The van der Waals surface area contributed by atoms with E-state index in [9.17, 15) is 14.4 Å². The van der Waals surface area contributed by atoms with Gasteiger partial charge in [0.2, 0.25) is 11.8 Å². The van der Waals surface area contributed by atoms with Crippen molar-refractivity contribution in [1.82, 2.24) is 9.78 Å². The maximum Gasteiger partial charge on any atom is 0.266 e. The third-order valence-electron chi connectivity index (χ3n) is 3.90. The van der Waals surface area contributed by atoms with Gasteiger partial charge in [0.1, 0.15) is 5.69 Å². The highest BCUT2D eigenvalue weighted by molar-refractivity contribution is 7.13. The van der Waals surface area contributed by atoms with Gasteiger partial charge in [-0.05, 0) is 48.2 Å². The molecule has 7 nitrogen and oxygen atoms in total. The lowest BCUT2D eigenvalue weighted by atomic mass is 10.2. The van der Waals surface area contributed by atoms with Crippen molar-refractivity contribution in [2.75, 3.05) is 10.6 Å². The standard InChI is InChI=1S/C20H20N4O3S/c1-14(25)21-15-6-8-16(9-7-15)22-19(26)5-2-12-24-20(27)11-10-17(23-24)18-4-3-13-28-18/h3-4,6-11,13H,2,5,12H2,1H3,(H,21,25)(H,22,26). The smallest absolute Gasteiger partial charge is 0.266 e. The normalized spacial score (nSPS) is 10.5. The third-order valence-corrected chi connectivity index (χ3v) is 4.80. The van der Waals surface area contributed by atoms with E-state index in [1.54, 1.807) is 41.7 Å². The second kappa shape index (κ2) is 9.09. The molecule has 0 aliphatic carbocycles. The predicted octanol–water partition coefficient (Wildman–Crippen LogP) is 3.35. The molecule has 0 saturated carbocycles. The van der Waals surface area contributed by atoms with Gasteiger partial charge in [0.15, 0.2) is 0 Å². The number of hydrogen-bond acceptors (Lipinski definition) is 5. The van der Waals surface area contributed by atoms with Crippen LogP contribution in [-0.4, -0.2) is 21.6 Å². The van der Waals surface area contributed by atoms with Crippen molar-refractivity contribution in [3.63, 3.8) is 0 Å². The molecule has 144 valence electrons. The number of hydrogen-bond donors (Lipinski definition) is 2. The fraction of sp³-hybridized carbons (Fsp3) is 0.200. The van der Waals surface area contributed by atoms with E-state index in [0.717, 1.165) is 10.6 Å². The molecule has 0 saturated heterocycles. The van der Waals surface area contributed by atoms with E-state index in [0.29, 0.717) is 24.3 Å². The number of thiophene rings is 1. The molecule has 2 heterocycles. The van der Waals surface area contributed by atoms with E-state index >= 15 is 0 Å². The van der Waals surface area contributed by atoms with Crippen LogP contribution in [0.4, 0.5) is 11.4 Å². The minimum Gasteiger partial charge on any atom is -0.326 e. The van der Waals surface area contributed by atoms with Crippen molar-refractivity contribution >= 4 is 34.5 Å². The lowest BCUT2D eigenvalue weighted by molar-refractivity contribution is -0.116. The summed E-state index contributed by atoms with van der Waals surface area (Å²) in [5, 5.41) is 11.8. The number of carbonyl (C=O) groups excluding carboxylic acids is 2. The van der Waals surface area contributed by atoms with Crippen molar-refractivity contribution in [3.8, 4) is 10.6 Å². The molecule has 3 rings (SSSR count). The molecule has 0 aliphatic rings. The van der Waals surface area contributed by atoms with Gasteiger partial charge in [-0.1, -0.05) is 6.07 Å². The Morgan fingerprint density at radius 1 is 1.04 bits per heavy atom. The molecule has 0 spiro atoms. The van der Waals surface area contributed by atoms with Crippen molar-refractivity contribution in [2.24, 2.45) is 0 Å². The summed E-state index contributed by atoms with van der Waals surface area (Å²) in [4.78, 5) is 36.1. The number of anilines is 2. The Kier molecular flexibility index (Phi) is 6.33. The largest absolute Gasteiger partial charge is 0.326 e. The average Bonchev–Trinajstić information content (AvgIpc) is 3.19. The van der Waals surface area contributed by atoms with Crippen LogP contribution in [0.2, 0.25) is 0 Å². The van der Waals surface area contributed by atoms with Crippen molar-refractivity contribution in [3.05, 3.63) is 64.3 Å². The summed E-state index contributed by atoms with van der Waals surface area (Å²) in [6.07, 6.45) is 0.765. The molecule has 2 amide bonds. The van der Waals surface area contributed by atoms with E-state index in [1.165, 1.54) is 17.7 Å². The van der Waals surface area contributed by atoms with Crippen LogP contribution in [-0.2, 0) is 16.1 Å². The number of amides is 2. The highest BCUT2D eigenvalue weighted by Gasteiger charge is 2.07. The van der Waals surface area contributed by atoms with Gasteiger partial charge < -0.3 is 10.6 Å². The molecular formula is C20H20N4O3S. The molecule has 0 radical (unpaired) electrons. The topological polar surface area (TPSA) is 93.1 Å². The second-order valence-corrected chi connectivity index (χ2v) is 7.12. The summed E-state index contributed by atoms with van der Waals surface area (Å²) in [5.74, 6) is -0.293. The van der Waals surface area contributed by atoms with Crippen LogP contribution in [0.25, 0.3) is 10.6 Å². The summed E-state index contributed by atoms with van der Waals surface area (Å²) in [6.45, 7) is 1.80. The molecule has 0 atom stereocenters. The first-order valence-electron chi connectivity index (χ1n) is 8.81. The Morgan fingerprint density at radius 3 is 2.39 bits per heavy atom. The molecule has 0 fully saturated rings. The Labute approximate surface area is 166 Å². The molecule has 0 bridgehead atoms. The van der Waals surface area contributed by atoms with E-state index < -0.39 is 0 Å². The van der Waals surface area contributed by atoms with Gasteiger partial charge in [-0.3, -0.25) is 14.4 Å². The summed E-state index contributed by atoms with van der Waals surface area (Å²) in [6, 6.07) is 14.0. The Bertz CT molecular complexity index is 1010. The minimum absolute atomic E-state index is 0.144. The van der Waals surface area contributed by atoms with Gasteiger partial charge in [0.25, 0.3) is 5.56 Å². The predicted molar refractivity (Wildman–Crippen MR) is 110 cm³/mol. The maximum absolute atomic E-state index is 12.1. The lowest BCUT2D eigenvalue weighted by Crippen LogP contribution is -2.23. The molecule has 0 aliphatic heterocycles. The monoisotopic (exact) mass is 396 g/mol. The first kappa shape index (κ1) is 19.5. The summed E-state index contributed by atoms with van der Waals surface area (Å²) >= 11 is 1.56. The third kappa shape index (κ3) is 5.37. The van der Waals surface area contributed by atoms with Crippen molar-refractivity contribution in [1.29, 1.82) is 0 Å². The van der Waals surface area contributed by atoms with E-state index in [2.05, 4.69) is 15.7 Å². The summed E-state index contributed by atoms with van der Waals surface area (Å²) in [7, 11) is 0. The zero-order chi connectivity index (χ0) is 19.9. The number of benzene rings is 1. The van der Waals surface area contributed by atoms with E-state index in [4.69, 9.17) is 0 Å². The molecule has 28 heavy (non-hydrogen) atoms. The number of aromatic nitrogens is 2. The maximum atomic E-state index is 12.1. The number of rotatable bonds is 7. The van der Waals surface area contributed by atoms with E-state index in [-0.39, 0.29) is 23.8 Å². The van der Waals surface area contributed by atoms with Gasteiger partial charge in [0, 0.05) is 37.3 Å². The molecule has 3 aromatic rings. The Morgan fingerprint density at radius 2 is 1.75 bits per heavy atom. The van der Waals surface area contributed by atoms with Crippen molar-refractivity contribution < 1.29 is 9.59 Å². The van der Waals surface area contributed by atoms with E-state index in [1.807, 2.05) is 17.5 Å². The number of aryl methyl sites for hydroxylation is 1. The molecule has 8 heteroatoms. The fourth-order valence-electron chi connectivity index (χ4n) is 2.62. The Hall–Kier alpha value is -3.26. The summed E-state index contributed by atoms with van der Waals surface area (Å²) < 4.78 is 1.39. The molecule has 2 N–H and O–H groups in total. The zero-order valence-electron chi connectivity index (χ0n) is 15.3. The Balaban J connectivity index is 1.52. The summed E-state index contributed by atoms with van der Waals surface area (Å²) in [5.41, 5.74) is 1.88. The number of nitrogens with zero attached hydrogens (tertiary/aromatic N) is 2. The van der Waals surface area contributed by atoms with Crippen LogP contribution in [0, 0.1) is 0 Å². The second-order valence-electron chi connectivity index (χ2n) is 6.17. The van der Waals surface area contributed by atoms with Gasteiger partial charge in [-0.2, -0.15) is 5.10 Å². The lowest BCUT2D eigenvalue weighted by Gasteiger charge is -2.08. The van der Waals surface area contributed by atoms with Crippen LogP contribution in [0.15, 0.2) is 58.7 Å². The van der Waals surface area contributed by atoms with Crippen LogP contribution in [0.5, 0.6) is 0 Å². The molecular weight excluding hydrogens is 376 g/mol. The SMILES string of the molecule is CC(=O)Nc1ccc(NC(=O)CCCn2nc(-c3cccs3)ccc2=O)cc1. The fourth-order valence-corrected chi connectivity index (χ4v) is 3.31. The molecule has 2 aromatic heterocycles. The molecule has 0 unspecified atom stereocenters. The molecule has 1 aromatic carbocycles. The van der Waals surface area contributed by atoms with Gasteiger partial charge in [0.05, 0.1) is 4.88 Å². The highest BCUT2D eigenvalue weighted by Crippen LogP contribution is 2.21. The first-order valence-corrected chi connectivity index (χ1v) is 9.69. The van der Waals surface area contributed by atoms with Gasteiger partial charge in [-0.15, -0.1) is 11.3 Å². The van der Waals surface area contributed by atoms with Gasteiger partial charge in [-0.25, -0.2) is 4.68 Å². The first-order chi connectivity index (χ1) is 13.5. The quantitative estimate of drug-likeness (QED) is 0.640.